The van der Waals surface area contributed by atoms with Crippen LogP contribution in [0.25, 0.3) is 0 Å². The van der Waals surface area contributed by atoms with Gasteiger partial charge in [0.15, 0.2) is 0 Å². The molecule has 0 spiro atoms. The number of hydrogen-bond acceptors (Lipinski definition) is 3. The number of nitrogens with two attached hydrogens (primary N) is 1. The molecule has 0 saturated carbocycles. The summed E-state index contributed by atoms with van der Waals surface area (Å²) in [4.78, 5) is 4.85. The highest BCUT2D eigenvalue weighted by atomic mass is 35.5. The molecule has 0 bridgehead atoms. The minimum Gasteiger partial charge on any atom is -0.369 e. The highest BCUT2D eigenvalue weighted by Gasteiger charge is 2.15. The first kappa shape index (κ1) is 13.4. The van der Waals surface area contributed by atoms with Crippen molar-refractivity contribution >= 4 is 17.3 Å². The van der Waals surface area contributed by atoms with Crippen LogP contribution in [-0.2, 0) is 0 Å². The van der Waals surface area contributed by atoms with E-state index in [1.807, 2.05) is 18.2 Å². The molecule has 1 aliphatic rings. The minimum atomic E-state index is 0.630. The van der Waals surface area contributed by atoms with Crippen molar-refractivity contribution < 1.29 is 0 Å². The Morgan fingerprint density at radius 1 is 1.06 bits per heavy atom. The smallest absolute Gasteiger partial charge is 0.0407 e. The standard InChI is InChI=1S/C14H20ClN3/c15-13-3-5-14(6-4-13)18-11-9-17(10-12-18)8-2-1-7-16/h1-6H,7-12,16H2. The van der Waals surface area contributed by atoms with E-state index in [2.05, 4.69) is 28.0 Å². The average molecular weight is 266 g/mol. The van der Waals surface area contributed by atoms with Crippen LogP contribution in [0.2, 0.25) is 5.02 Å². The lowest BCUT2D eigenvalue weighted by atomic mass is 10.2. The molecule has 0 aliphatic carbocycles. The van der Waals surface area contributed by atoms with Crippen molar-refractivity contribution in [3.63, 3.8) is 0 Å². The van der Waals surface area contributed by atoms with Gasteiger partial charge in [-0.05, 0) is 24.3 Å². The second kappa shape index (κ2) is 6.78. The van der Waals surface area contributed by atoms with Gasteiger partial charge in [-0.2, -0.15) is 0 Å². The second-order valence-corrected chi connectivity index (χ2v) is 4.91. The van der Waals surface area contributed by atoms with Crippen LogP contribution in [0.5, 0.6) is 0 Å². The summed E-state index contributed by atoms with van der Waals surface area (Å²) in [6.45, 7) is 5.96. The zero-order chi connectivity index (χ0) is 12.8. The van der Waals surface area contributed by atoms with E-state index < -0.39 is 0 Å². The topological polar surface area (TPSA) is 32.5 Å². The molecule has 4 heteroatoms. The third-order valence-corrected chi connectivity index (χ3v) is 3.48. The molecule has 1 saturated heterocycles. The fourth-order valence-electron chi connectivity index (χ4n) is 2.16. The summed E-state index contributed by atoms with van der Waals surface area (Å²) in [6.07, 6.45) is 4.17. The monoisotopic (exact) mass is 265 g/mol. The largest absolute Gasteiger partial charge is 0.369 e. The Labute approximate surface area is 114 Å². The first-order valence-corrected chi connectivity index (χ1v) is 6.75. The predicted octanol–water partition coefficient (Wildman–Crippen LogP) is 1.98. The van der Waals surface area contributed by atoms with Gasteiger partial charge in [0.25, 0.3) is 0 Å². The van der Waals surface area contributed by atoms with E-state index in [1.54, 1.807) is 0 Å². The third kappa shape index (κ3) is 3.73. The summed E-state index contributed by atoms with van der Waals surface area (Å²) >= 11 is 5.90. The molecule has 1 heterocycles. The molecule has 1 fully saturated rings. The van der Waals surface area contributed by atoms with E-state index in [9.17, 15) is 0 Å². The van der Waals surface area contributed by atoms with Gasteiger partial charge in [0.05, 0.1) is 0 Å². The van der Waals surface area contributed by atoms with Gasteiger partial charge in [-0.25, -0.2) is 0 Å². The molecular weight excluding hydrogens is 246 g/mol. The van der Waals surface area contributed by atoms with Gasteiger partial charge >= 0.3 is 0 Å². The number of halogens is 1. The van der Waals surface area contributed by atoms with Gasteiger partial charge in [0.2, 0.25) is 0 Å². The van der Waals surface area contributed by atoms with Gasteiger partial charge in [-0.15, -0.1) is 0 Å². The van der Waals surface area contributed by atoms with Gasteiger partial charge in [-0.1, -0.05) is 23.8 Å². The number of anilines is 1. The molecule has 0 aromatic heterocycles. The van der Waals surface area contributed by atoms with Crippen molar-refractivity contribution in [3.05, 3.63) is 41.4 Å². The van der Waals surface area contributed by atoms with Crippen molar-refractivity contribution in [1.82, 2.24) is 4.90 Å². The Bertz CT molecular complexity index is 381. The molecule has 2 rings (SSSR count). The Morgan fingerprint density at radius 2 is 1.72 bits per heavy atom. The third-order valence-electron chi connectivity index (χ3n) is 3.23. The Morgan fingerprint density at radius 3 is 2.33 bits per heavy atom. The molecule has 2 N–H and O–H groups in total. The van der Waals surface area contributed by atoms with Crippen molar-refractivity contribution in [2.24, 2.45) is 5.73 Å². The number of benzene rings is 1. The van der Waals surface area contributed by atoms with E-state index in [1.165, 1.54) is 5.69 Å². The zero-order valence-corrected chi connectivity index (χ0v) is 11.3. The normalized spacial score (nSPS) is 17.6. The molecule has 1 aliphatic heterocycles. The molecule has 0 atom stereocenters. The average Bonchev–Trinajstić information content (AvgIpc) is 2.41. The van der Waals surface area contributed by atoms with Crippen LogP contribution in [-0.4, -0.2) is 44.2 Å². The van der Waals surface area contributed by atoms with Crippen LogP contribution in [0.15, 0.2) is 36.4 Å². The SMILES string of the molecule is NCC=CCN1CCN(c2ccc(Cl)cc2)CC1. The summed E-state index contributed by atoms with van der Waals surface area (Å²) in [5, 5.41) is 0.796. The van der Waals surface area contributed by atoms with Crippen molar-refractivity contribution in [2.45, 2.75) is 0 Å². The molecule has 0 unspecified atom stereocenters. The van der Waals surface area contributed by atoms with Crippen LogP contribution in [0.3, 0.4) is 0 Å². The quantitative estimate of drug-likeness (QED) is 0.845. The first-order chi connectivity index (χ1) is 8.79. The number of nitrogens with zero attached hydrogens (tertiary/aromatic N) is 2. The Balaban J connectivity index is 1.83. The van der Waals surface area contributed by atoms with Crippen molar-refractivity contribution in [1.29, 1.82) is 0 Å². The zero-order valence-electron chi connectivity index (χ0n) is 10.6. The minimum absolute atomic E-state index is 0.630. The molecule has 3 nitrogen and oxygen atoms in total. The van der Waals surface area contributed by atoms with Crippen LogP contribution in [0.1, 0.15) is 0 Å². The first-order valence-electron chi connectivity index (χ1n) is 6.37. The van der Waals surface area contributed by atoms with Crippen LogP contribution in [0, 0.1) is 0 Å². The lowest BCUT2D eigenvalue weighted by Crippen LogP contribution is -2.46. The summed E-state index contributed by atoms with van der Waals surface area (Å²) < 4.78 is 0. The van der Waals surface area contributed by atoms with E-state index >= 15 is 0 Å². The molecular formula is C14H20ClN3. The number of piperazine rings is 1. The maximum Gasteiger partial charge on any atom is 0.0407 e. The molecule has 1 aromatic rings. The van der Waals surface area contributed by atoms with E-state index in [0.717, 1.165) is 37.7 Å². The molecule has 98 valence electrons. The Hall–Kier alpha value is -1.03. The predicted molar refractivity (Wildman–Crippen MR) is 78.3 cm³/mol. The number of rotatable bonds is 4. The van der Waals surface area contributed by atoms with Crippen molar-refractivity contribution in [2.75, 3.05) is 44.2 Å². The fraction of sp³-hybridized carbons (Fsp3) is 0.429. The molecule has 18 heavy (non-hydrogen) atoms. The maximum atomic E-state index is 5.90. The summed E-state index contributed by atoms with van der Waals surface area (Å²) in [5.41, 5.74) is 6.69. The van der Waals surface area contributed by atoms with Crippen LogP contribution < -0.4 is 10.6 Å². The molecule has 1 aromatic carbocycles. The second-order valence-electron chi connectivity index (χ2n) is 4.47. The van der Waals surface area contributed by atoms with E-state index in [-0.39, 0.29) is 0 Å². The number of hydrogen-bond donors (Lipinski definition) is 1. The lowest BCUT2D eigenvalue weighted by Gasteiger charge is -2.35. The van der Waals surface area contributed by atoms with E-state index in [4.69, 9.17) is 17.3 Å². The molecule has 0 amide bonds. The van der Waals surface area contributed by atoms with Gasteiger partial charge < -0.3 is 10.6 Å². The fourth-order valence-corrected chi connectivity index (χ4v) is 2.29. The molecule has 0 radical (unpaired) electrons. The van der Waals surface area contributed by atoms with Crippen molar-refractivity contribution in [3.8, 4) is 0 Å². The highest BCUT2D eigenvalue weighted by molar-refractivity contribution is 6.30. The van der Waals surface area contributed by atoms with Crippen LogP contribution in [0.4, 0.5) is 5.69 Å². The summed E-state index contributed by atoms with van der Waals surface area (Å²) in [7, 11) is 0. The van der Waals surface area contributed by atoms with E-state index in [0.29, 0.717) is 6.54 Å². The summed E-state index contributed by atoms with van der Waals surface area (Å²) in [6, 6.07) is 8.08. The highest BCUT2D eigenvalue weighted by Crippen LogP contribution is 2.19. The van der Waals surface area contributed by atoms with Gasteiger partial charge in [-0.3, -0.25) is 4.90 Å². The Kier molecular flexibility index (Phi) is 5.05. The lowest BCUT2D eigenvalue weighted by molar-refractivity contribution is 0.284. The summed E-state index contributed by atoms with van der Waals surface area (Å²) in [5.74, 6) is 0. The maximum absolute atomic E-state index is 5.90. The van der Waals surface area contributed by atoms with Gasteiger partial charge in [0.1, 0.15) is 0 Å². The van der Waals surface area contributed by atoms with Gasteiger partial charge in [0, 0.05) is 50.0 Å². The van der Waals surface area contributed by atoms with Crippen LogP contribution >= 0.6 is 11.6 Å².